The van der Waals surface area contributed by atoms with Crippen LogP contribution in [-0.4, -0.2) is 51.4 Å². The van der Waals surface area contributed by atoms with Crippen LogP contribution >= 0.6 is 0 Å². The second-order valence-electron chi connectivity index (χ2n) is 4.70. The summed E-state index contributed by atoms with van der Waals surface area (Å²) < 4.78 is 1.81. The molecule has 0 saturated carbocycles. The molecule has 0 unspecified atom stereocenters. The third-order valence-corrected chi connectivity index (χ3v) is 3.36. The quantitative estimate of drug-likeness (QED) is 0.773. The molecule has 1 fully saturated rings. The van der Waals surface area contributed by atoms with Gasteiger partial charge in [-0.3, -0.25) is 9.48 Å². The van der Waals surface area contributed by atoms with Gasteiger partial charge in [0.25, 0.3) is 5.91 Å². The normalized spacial score (nSPS) is 19.5. The van der Waals surface area contributed by atoms with E-state index in [1.54, 1.807) is 11.1 Å². The Labute approximate surface area is 106 Å². The number of nitrogens with two attached hydrogens (primary N) is 1. The SMILES string of the molecule is Cc1c(C(=O)N2CC[C@H](O)C2)cnn1CCCN. The molecule has 1 atom stereocenters. The van der Waals surface area contributed by atoms with Crippen LogP contribution < -0.4 is 5.73 Å². The predicted octanol–water partition coefficient (Wildman–Crippen LogP) is -0.253. The number of carbonyl (C=O) groups is 1. The minimum Gasteiger partial charge on any atom is -0.391 e. The van der Waals surface area contributed by atoms with Crippen LogP contribution in [0.1, 0.15) is 28.9 Å². The number of hydrogen-bond acceptors (Lipinski definition) is 4. The van der Waals surface area contributed by atoms with Gasteiger partial charge < -0.3 is 15.7 Å². The number of aliphatic hydroxyl groups is 1. The zero-order chi connectivity index (χ0) is 13.1. The number of aromatic nitrogens is 2. The van der Waals surface area contributed by atoms with Crippen molar-refractivity contribution in [3.63, 3.8) is 0 Å². The Hall–Kier alpha value is -1.40. The molecule has 0 aliphatic carbocycles. The maximum atomic E-state index is 12.2. The molecule has 0 aromatic carbocycles. The van der Waals surface area contributed by atoms with Crippen molar-refractivity contribution in [2.75, 3.05) is 19.6 Å². The van der Waals surface area contributed by atoms with Crippen LogP contribution in [-0.2, 0) is 6.54 Å². The molecule has 6 heteroatoms. The topological polar surface area (TPSA) is 84.4 Å². The van der Waals surface area contributed by atoms with Gasteiger partial charge in [0, 0.05) is 25.3 Å². The third kappa shape index (κ3) is 2.54. The van der Waals surface area contributed by atoms with Gasteiger partial charge in [0.1, 0.15) is 0 Å². The molecule has 3 N–H and O–H groups in total. The van der Waals surface area contributed by atoms with E-state index in [1.165, 1.54) is 0 Å². The van der Waals surface area contributed by atoms with Crippen molar-refractivity contribution in [1.29, 1.82) is 0 Å². The summed E-state index contributed by atoms with van der Waals surface area (Å²) in [6.45, 7) is 4.28. The Bertz CT molecular complexity index is 430. The van der Waals surface area contributed by atoms with E-state index in [9.17, 15) is 9.90 Å². The summed E-state index contributed by atoms with van der Waals surface area (Å²) in [5.74, 6) is -0.0388. The lowest BCUT2D eigenvalue weighted by atomic mass is 10.2. The molecule has 6 nitrogen and oxygen atoms in total. The number of hydrogen-bond donors (Lipinski definition) is 2. The Morgan fingerprint density at radius 1 is 1.67 bits per heavy atom. The van der Waals surface area contributed by atoms with Gasteiger partial charge in [-0.05, 0) is 26.3 Å². The van der Waals surface area contributed by atoms with Gasteiger partial charge in [0.05, 0.1) is 17.9 Å². The van der Waals surface area contributed by atoms with Crippen molar-refractivity contribution >= 4 is 5.91 Å². The van der Waals surface area contributed by atoms with Crippen LogP contribution in [0.5, 0.6) is 0 Å². The summed E-state index contributed by atoms with van der Waals surface area (Å²) in [6, 6.07) is 0. The summed E-state index contributed by atoms with van der Waals surface area (Å²) in [5.41, 5.74) is 6.96. The van der Waals surface area contributed by atoms with E-state index < -0.39 is 0 Å². The van der Waals surface area contributed by atoms with Gasteiger partial charge in [-0.1, -0.05) is 0 Å². The van der Waals surface area contributed by atoms with Crippen LogP contribution in [0.3, 0.4) is 0 Å². The number of rotatable bonds is 4. The van der Waals surface area contributed by atoms with Crippen molar-refractivity contribution < 1.29 is 9.90 Å². The third-order valence-electron chi connectivity index (χ3n) is 3.36. The molecule has 0 spiro atoms. The van der Waals surface area contributed by atoms with Crippen LogP contribution in [0.2, 0.25) is 0 Å². The van der Waals surface area contributed by atoms with E-state index in [4.69, 9.17) is 5.73 Å². The fourth-order valence-corrected chi connectivity index (χ4v) is 2.22. The number of aliphatic hydroxyl groups excluding tert-OH is 1. The zero-order valence-electron chi connectivity index (χ0n) is 10.7. The van der Waals surface area contributed by atoms with E-state index in [1.807, 2.05) is 11.6 Å². The molecule has 1 saturated heterocycles. The van der Waals surface area contributed by atoms with Crippen LogP contribution in [0.4, 0.5) is 0 Å². The number of amides is 1. The van der Waals surface area contributed by atoms with Crippen molar-refractivity contribution in [3.05, 3.63) is 17.5 Å². The Kier molecular flexibility index (Phi) is 3.98. The standard InChI is InChI=1S/C12H20N4O2/c1-9-11(7-14-16(9)5-2-4-13)12(18)15-6-3-10(17)8-15/h7,10,17H,2-6,8,13H2,1H3/t10-/m0/s1. The average molecular weight is 252 g/mol. The van der Waals surface area contributed by atoms with Gasteiger partial charge in [0.15, 0.2) is 0 Å². The summed E-state index contributed by atoms with van der Waals surface area (Å²) in [4.78, 5) is 13.9. The van der Waals surface area contributed by atoms with Gasteiger partial charge in [-0.15, -0.1) is 0 Å². The highest BCUT2D eigenvalue weighted by atomic mass is 16.3. The summed E-state index contributed by atoms with van der Waals surface area (Å²) in [6.07, 6.45) is 2.73. The molecule has 1 aromatic rings. The lowest BCUT2D eigenvalue weighted by Gasteiger charge is -2.15. The maximum absolute atomic E-state index is 12.2. The molecule has 0 bridgehead atoms. The number of nitrogens with zero attached hydrogens (tertiary/aromatic N) is 3. The predicted molar refractivity (Wildman–Crippen MR) is 67.2 cm³/mol. The minimum absolute atomic E-state index is 0.0388. The number of aryl methyl sites for hydroxylation is 1. The molecule has 2 rings (SSSR count). The first kappa shape index (κ1) is 13.0. The Morgan fingerprint density at radius 2 is 2.44 bits per heavy atom. The van der Waals surface area contributed by atoms with Crippen molar-refractivity contribution in [3.8, 4) is 0 Å². The monoisotopic (exact) mass is 252 g/mol. The molecule has 18 heavy (non-hydrogen) atoms. The number of likely N-dealkylation sites (tertiary alicyclic amines) is 1. The zero-order valence-corrected chi connectivity index (χ0v) is 10.7. The molecule has 2 heterocycles. The minimum atomic E-state index is -0.387. The lowest BCUT2D eigenvalue weighted by molar-refractivity contribution is 0.0764. The molecule has 1 amide bonds. The van der Waals surface area contributed by atoms with Crippen molar-refractivity contribution in [2.24, 2.45) is 5.73 Å². The Balaban J connectivity index is 2.08. The molecule has 100 valence electrons. The molecule has 1 aromatic heterocycles. The number of carbonyl (C=O) groups excluding carboxylic acids is 1. The van der Waals surface area contributed by atoms with E-state index in [2.05, 4.69) is 5.10 Å². The first-order valence-electron chi connectivity index (χ1n) is 6.33. The van der Waals surface area contributed by atoms with Crippen molar-refractivity contribution in [1.82, 2.24) is 14.7 Å². The smallest absolute Gasteiger partial charge is 0.257 e. The van der Waals surface area contributed by atoms with E-state index in [0.29, 0.717) is 31.6 Å². The second-order valence-corrected chi connectivity index (χ2v) is 4.70. The first-order valence-corrected chi connectivity index (χ1v) is 6.33. The summed E-state index contributed by atoms with van der Waals surface area (Å²) in [5, 5.41) is 13.7. The highest BCUT2D eigenvalue weighted by Crippen LogP contribution is 2.16. The van der Waals surface area contributed by atoms with Crippen LogP contribution in [0.25, 0.3) is 0 Å². The molecule has 1 aliphatic rings. The average Bonchev–Trinajstić information content (AvgIpc) is 2.93. The van der Waals surface area contributed by atoms with E-state index >= 15 is 0 Å². The highest BCUT2D eigenvalue weighted by Gasteiger charge is 2.27. The van der Waals surface area contributed by atoms with Gasteiger partial charge in [-0.25, -0.2) is 0 Å². The van der Waals surface area contributed by atoms with Crippen LogP contribution in [0, 0.1) is 6.92 Å². The molecule has 0 radical (unpaired) electrons. The van der Waals surface area contributed by atoms with E-state index in [0.717, 1.165) is 18.7 Å². The fraction of sp³-hybridized carbons (Fsp3) is 0.667. The largest absolute Gasteiger partial charge is 0.391 e. The Morgan fingerprint density at radius 3 is 3.06 bits per heavy atom. The molecular formula is C12H20N4O2. The van der Waals surface area contributed by atoms with Gasteiger partial charge >= 0.3 is 0 Å². The lowest BCUT2D eigenvalue weighted by Crippen LogP contribution is -2.29. The van der Waals surface area contributed by atoms with Crippen molar-refractivity contribution in [2.45, 2.75) is 32.4 Å². The number of β-amino-alcohol motifs (C(OH)–C–C–N with tert-alkyl or cyclic N) is 1. The summed E-state index contributed by atoms with van der Waals surface area (Å²) >= 11 is 0. The van der Waals surface area contributed by atoms with Crippen LogP contribution in [0.15, 0.2) is 6.20 Å². The van der Waals surface area contributed by atoms with E-state index in [-0.39, 0.29) is 12.0 Å². The van der Waals surface area contributed by atoms with Gasteiger partial charge in [-0.2, -0.15) is 5.10 Å². The van der Waals surface area contributed by atoms with Gasteiger partial charge in [0.2, 0.25) is 0 Å². The first-order chi connectivity index (χ1) is 8.63. The summed E-state index contributed by atoms with van der Waals surface area (Å²) in [7, 11) is 0. The second kappa shape index (κ2) is 5.49. The fourth-order valence-electron chi connectivity index (χ4n) is 2.22. The molecular weight excluding hydrogens is 232 g/mol. The molecule has 1 aliphatic heterocycles. The maximum Gasteiger partial charge on any atom is 0.257 e. The highest BCUT2D eigenvalue weighted by molar-refractivity contribution is 5.95.